The Labute approximate surface area is 224 Å². The molecule has 0 bridgehead atoms. The minimum absolute atomic E-state index is 0.145. The second kappa shape index (κ2) is 11.3. The third-order valence-corrected chi connectivity index (χ3v) is 6.03. The van der Waals surface area contributed by atoms with Crippen molar-refractivity contribution in [1.29, 1.82) is 0 Å². The largest absolute Gasteiger partial charge is 0.494 e. The number of rotatable bonds is 8. The van der Waals surface area contributed by atoms with Gasteiger partial charge in [-0.3, -0.25) is 19.7 Å². The summed E-state index contributed by atoms with van der Waals surface area (Å²) in [7, 11) is 0. The fraction of sp³-hybridized carbons (Fsp3) is 0.241. The Kier molecular flexibility index (Phi) is 7.85. The summed E-state index contributed by atoms with van der Waals surface area (Å²) < 4.78 is 12.0. The Balaban J connectivity index is 1.92. The van der Waals surface area contributed by atoms with Gasteiger partial charge in [-0.15, -0.1) is 0 Å². The van der Waals surface area contributed by atoms with E-state index in [1.807, 2.05) is 26.0 Å². The van der Waals surface area contributed by atoms with Crippen molar-refractivity contribution in [3.63, 3.8) is 0 Å². The number of aromatic nitrogens is 2. The van der Waals surface area contributed by atoms with Crippen molar-refractivity contribution in [3.05, 3.63) is 91.8 Å². The lowest BCUT2D eigenvalue weighted by atomic mass is 9.96. The predicted molar refractivity (Wildman–Crippen MR) is 149 cm³/mol. The zero-order valence-corrected chi connectivity index (χ0v) is 22.3. The normalized spacial score (nSPS) is 11.3. The molecule has 0 aliphatic heterocycles. The molecule has 200 valence electrons. The maximum Gasteiger partial charge on any atom is 0.312 e. The van der Waals surface area contributed by atoms with E-state index in [0.717, 1.165) is 23.8 Å². The van der Waals surface area contributed by atoms with E-state index in [2.05, 4.69) is 18.9 Å². The number of nitrogens with zero attached hydrogens (tertiary/aromatic N) is 4. The molecule has 1 aromatic heterocycles. The van der Waals surface area contributed by atoms with E-state index in [0.29, 0.717) is 34.5 Å². The van der Waals surface area contributed by atoms with Crippen LogP contribution in [0, 0.1) is 17.0 Å². The van der Waals surface area contributed by atoms with E-state index >= 15 is 0 Å². The van der Waals surface area contributed by atoms with E-state index in [1.54, 1.807) is 24.3 Å². The van der Waals surface area contributed by atoms with Gasteiger partial charge < -0.3 is 9.47 Å². The van der Waals surface area contributed by atoms with Gasteiger partial charge in [-0.25, -0.2) is 4.98 Å². The zero-order valence-electron chi connectivity index (χ0n) is 22.3. The number of hydrogen-bond acceptors (Lipinski definition) is 8. The molecule has 4 aromatic rings. The summed E-state index contributed by atoms with van der Waals surface area (Å²) in [6.45, 7) is 9.63. The first-order valence-electron chi connectivity index (χ1n) is 12.4. The summed E-state index contributed by atoms with van der Waals surface area (Å²) in [5.41, 5.74) is 2.57. The van der Waals surface area contributed by atoms with E-state index < -0.39 is 22.1 Å². The predicted octanol–water partition coefficient (Wildman–Crippen LogP) is 5.61. The van der Waals surface area contributed by atoms with Gasteiger partial charge in [-0.05, 0) is 67.3 Å². The lowest BCUT2D eigenvalue weighted by Crippen LogP contribution is -2.21. The van der Waals surface area contributed by atoms with Gasteiger partial charge in [0.25, 0.3) is 5.56 Å². The number of carbonyl (C=O) groups excluding carboxylic acids is 1. The number of nitro groups is 1. The zero-order chi connectivity index (χ0) is 28.3. The number of hydrogen-bond donors (Lipinski definition) is 0. The number of fused-ring (bicyclic) bond motifs is 1. The number of ether oxygens (including phenoxy) is 2. The van der Waals surface area contributed by atoms with Crippen molar-refractivity contribution in [1.82, 2.24) is 9.66 Å². The number of benzene rings is 3. The second-order valence-corrected chi connectivity index (χ2v) is 9.18. The molecule has 0 fully saturated rings. The Morgan fingerprint density at radius 1 is 1.15 bits per heavy atom. The maximum absolute atomic E-state index is 13.6. The summed E-state index contributed by atoms with van der Waals surface area (Å²) >= 11 is 0. The number of para-hydroxylation sites is 1. The molecule has 3 aromatic carbocycles. The first kappa shape index (κ1) is 27.2. The minimum Gasteiger partial charge on any atom is -0.494 e. The van der Waals surface area contributed by atoms with E-state index in [-0.39, 0.29) is 11.7 Å². The molecule has 0 saturated carbocycles. The van der Waals surface area contributed by atoms with Crippen molar-refractivity contribution >= 4 is 28.8 Å². The van der Waals surface area contributed by atoms with Gasteiger partial charge in [-0.2, -0.15) is 9.78 Å². The smallest absolute Gasteiger partial charge is 0.312 e. The summed E-state index contributed by atoms with van der Waals surface area (Å²) in [5, 5.41) is 16.4. The highest BCUT2D eigenvalue weighted by Crippen LogP contribution is 2.34. The Hall–Kier alpha value is -4.86. The van der Waals surface area contributed by atoms with Gasteiger partial charge in [0.2, 0.25) is 5.75 Å². The summed E-state index contributed by atoms with van der Waals surface area (Å²) in [6, 6.07) is 14.9. The van der Waals surface area contributed by atoms with Crippen LogP contribution in [0.3, 0.4) is 0 Å². The Morgan fingerprint density at radius 2 is 1.90 bits per heavy atom. The van der Waals surface area contributed by atoms with Crippen LogP contribution in [-0.4, -0.2) is 33.4 Å². The fourth-order valence-corrected chi connectivity index (χ4v) is 4.20. The maximum atomic E-state index is 13.6. The standard InChI is InChI=1S/C29H28N4O6/c1-6-38-27-13-18(4)23(15-22(27)17(2)3)28-31-24-10-8-7-9-21(24)29(35)32(28)30-16-20-11-12-26(39-19(5)34)25(14-20)33(36)37/h7-17H,6H2,1-5H3. The van der Waals surface area contributed by atoms with Crippen LogP contribution in [-0.2, 0) is 4.79 Å². The molecule has 1 heterocycles. The first-order chi connectivity index (χ1) is 18.6. The molecule has 0 aliphatic rings. The SMILES string of the molecule is CCOc1cc(C)c(-c2nc3ccccc3c(=O)n2N=Cc2ccc(OC(C)=O)c([N+](=O)[O-])c2)cc1C(C)C. The van der Waals surface area contributed by atoms with Gasteiger partial charge in [0.05, 0.1) is 28.6 Å². The van der Waals surface area contributed by atoms with Crippen LogP contribution in [0.4, 0.5) is 5.69 Å². The van der Waals surface area contributed by atoms with Crippen LogP contribution in [0.15, 0.2) is 64.5 Å². The van der Waals surface area contributed by atoms with E-state index in [1.165, 1.54) is 29.1 Å². The van der Waals surface area contributed by atoms with Gasteiger partial charge in [0.15, 0.2) is 5.82 Å². The number of nitro benzene ring substituents is 1. The number of esters is 1. The molecule has 0 amide bonds. The van der Waals surface area contributed by atoms with Crippen molar-refractivity contribution in [2.75, 3.05) is 6.61 Å². The average molecular weight is 529 g/mol. The highest BCUT2D eigenvalue weighted by Gasteiger charge is 2.20. The quantitative estimate of drug-likeness (QED) is 0.0956. The monoisotopic (exact) mass is 528 g/mol. The van der Waals surface area contributed by atoms with Gasteiger partial charge in [0, 0.05) is 24.1 Å². The first-order valence-corrected chi connectivity index (χ1v) is 12.4. The minimum atomic E-state index is -0.676. The lowest BCUT2D eigenvalue weighted by Gasteiger charge is -2.18. The van der Waals surface area contributed by atoms with Crippen molar-refractivity contribution < 1.29 is 19.2 Å². The molecule has 0 unspecified atom stereocenters. The van der Waals surface area contributed by atoms with E-state index in [4.69, 9.17) is 14.5 Å². The summed E-state index contributed by atoms with van der Waals surface area (Å²) in [6.07, 6.45) is 1.33. The molecule has 0 spiro atoms. The molecule has 0 atom stereocenters. The third-order valence-electron chi connectivity index (χ3n) is 6.03. The van der Waals surface area contributed by atoms with Gasteiger partial charge in [0.1, 0.15) is 5.75 Å². The molecule has 0 radical (unpaired) electrons. The number of carbonyl (C=O) groups is 1. The van der Waals surface area contributed by atoms with E-state index in [9.17, 15) is 19.7 Å². The lowest BCUT2D eigenvalue weighted by molar-refractivity contribution is -0.385. The molecule has 0 N–H and O–H groups in total. The third kappa shape index (κ3) is 5.69. The van der Waals surface area contributed by atoms with Gasteiger partial charge in [-0.1, -0.05) is 26.0 Å². The topological polar surface area (TPSA) is 126 Å². The van der Waals surface area contributed by atoms with Crippen molar-refractivity contribution in [2.24, 2.45) is 5.10 Å². The molecular formula is C29H28N4O6. The highest BCUT2D eigenvalue weighted by atomic mass is 16.6. The fourth-order valence-electron chi connectivity index (χ4n) is 4.20. The van der Waals surface area contributed by atoms with Crippen molar-refractivity contribution in [3.8, 4) is 22.9 Å². The molecular weight excluding hydrogens is 500 g/mol. The highest BCUT2D eigenvalue weighted by molar-refractivity contribution is 5.84. The molecule has 10 nitrogen and oxygen atoms in total. The molecule has 10 heteroatoms. The summed E-state index contributed by atoms with van der Waals surface area (Å²) in [4.78, 5) is 40.6. The molecule has 39 heavy (non-hydrogen) atoms. The van der Waals surface area contributed by atoms with Gasteiger partial charge >= 0.3 is 11.7 Å². The second-order valence-electron chi connectivity index (χ2n) is 9.18. The Morgan fingerprint density at radius 3 is 2.56 bits per heavy atom. The van der Waals surface area contributed by atoms with Crippen LogP contribution in [0.5, 0.6) is 11.5 Å². The van der Waals surface area contributed by atoms with Crippen LogP contribution in [0.25, 0.3) is 22.3 Å². The van der Waals surface area contributed by atoms with Crippen LogP contribution >= 0.6 is 0 Å². The van der Waals surface area contributed by atoms with Crippen LogP contribution < -0.4 is 15.0 Å². The average Bonchev–Trinajstić information content (AvgIpc) is 2.88. The number of aryl methyl sites for hydroxylation is 1. The van der Waals surface area contributed by atoms with Crippen LogP contribution in [0.2, 0.25) is 0 Å². The molecule has 0 aliphatic carbocycles. The Bertz CT molecular complexity index is 1670. The summed E-state index contributed by atoms with van der Waals surface area (Å²) in [5.74, 6) is 0.382. The van der Waals surface area contributed by atoms with Crippen LogP contribution in [0.1, 0.15) is 50.3 Å². The molecule has 0 saturated heterocycles. The van der Waals surface area contributed by atoms with Crippen molar-refractivity contribution in [2.45, 2.75) is 40.5 Å². The molecule has 4 rings (SSSR count).